The summed E-state index contributed by atoms with van der Waals surface area (Å²) < 4.78 is 1.97. The van der Waals surface area contributed by atoms with Gasteiger partial charge in [-0.15, -0.1) is 0 Å². The topological polar surface area (TPSA) is 63.1 Å². The van der Waals surface area contributed by atoms with Crippen molar-refractivity contribution in [2.45, 2.75) is 19.9 Å². The fraction of sp³-hybridized carbons (Fsp3) is 0.208. The van der Waals surface area contributed by atoms with Gasteiger partial charge in [-0.2, -0.15) is 0 Å². The van der Waals surface area contributed by atoms with Gasteiger partial charge in [0.25, 0.3) is 5.91 Å². The van der Waals surface area contributed by atoms with Crippen molar-refractivity contribution in [3.8, 4) is 0 Å². The highest BCUT2D eigenvalue weighted by Crippen LogP contribution is 2.22. The quantitative estimate of drug-likeness (QED) is 0.547. The van der Waals surface area contributed by atoms with Crippen molar-refractivity contribution in [1.82, 2.24) is 14.5 Å². The fourth-order valence-electron chi connectivity index (χ4n) is 3.70. The number of amides is 1. The van der Waals surface area contributed by atoms with E-state index in [4.69, 9.17) is 0 Å². The van der Waals surface area contributed by atoms with E-state index in [1.165, 1.54) is 12.0 Å². The molecule has 30 heavy (non-hydrogen) atoms. The molecule has 1 amide bonds. The lowest BCUT2D eigenvalue weighted by atomic mass is 10.1. The Morgan fingerprint density at radius 3 is 2.60 bits per heavy atom. The van der Waals surface area contributed by atoms with Crippen molar-refractivity contribution >= 4 is 28.4 Å². The summed E-state index contributed by atoms with van der Waals surface area (Å²) in [5.74, 6) is 0.788. The Kier molecular flexibility index (Phi) is 4.67. The number of aromatic nitrogens is 3. The molecule has 0 unspecified atom stereocenters. The molecule has 1 fully saturated rings. The summed E-state index contributed by atoms with van der Waals surface area (Å²) in [6.07, 6.45) is 4.69. The number of nitrogens with zero attached hydrogens (tertiary/aromatic N) is 4. The standard InChI is InChI=1S/C24H23N5O/c1-17-5-7-18(8-6-17)16-29-21(14-19-4-2-11-25-23(19)29)24(30)27-20-9-10-22(26-15-20)28-12-3-13-28/h2,4-11,14-15H,3,12-13,16H2,1H3,(H,27,30). The second-order valence-electron chi connectivity index (χ2n) is 7.72. The van der Waals surface area contributed by atoms with Gasteiger partial charge < -0.3 is 14.8 Å². The van der Waals surface area contributed by atoms with E-state index in [1.54, 1.807) is 12.4 Å². The molecule has 150 valence electrons. The summed E-state index contributed by atoms with van der Waals surface area (Å²) >= 11 is 0. The van der Waals surface area contributed by atoms with Crippen molar-refractivity contribution in [2.24, 2.45) is 0 Å². The SMILES string of the molecule is Cc1ccc(Cn2c(C(=O)Nc3ccc(N4CCC4)nc3)cc3cccnc32)cc1. The minimum absolute atomic E-state index is 0.168. The molecule has 1 aromatic carbocycles. The monoisotopic (exact) mass is 397 g/mol. The third-order valence-electron chi connectivity index (χ3n) is 5.54. The van der Waals surface area contributed by atoms with E-state index in [9.17, 15) is 4.79 Å². The van der Waals surface area contributed by atoms with E-state index < -0.39 is 0 Å². The number of hydrogen-bond acceptors (Lipinski definition) is 4. The van der Waals surface area contributed by atoms with Gasteiger partial charge in [0, 0.05) is 31.2 Å². The molecule has 3 aromatic heterocycles. The first-order valence-electron chi connectivity index (χ1n) is 10.2. The van der Waals surface area contributed by atoms with E-state index in [0.29, 0.717) is 17.9 Å². The number of hydrogen-bond donors (Lipinski definition) is 1. The summed E-state index contributed by atoms with van der Waals surface area (Å²) in [4.78, 5) is 24.4. The van der Waals surface area contributed by atoms with E-state index in [1.807, 2.05) is 34.9 Å². The zero-order valence-electron chi connectivity index (χ0n) is 16.9. The maximum atomic E-state index is 13.1. The Morgan fingerprint density at radius 2 is 1.90 bits per heavy atom. The first kappa shape index (κ1) is 18.4. The van der Waals surface area contributed by atoms with Gasteiger partial charge in [0.05, 0.1) is 11.9 Å². The van der Waals surface area contributed by atoms with E-state index in [2.05, 4.69) is 51.4 Å². The van der Waals surface area contributed by atoms with Gasteiger partial charge in [-0.1, -0.05) is 29.8 Å². The van der Waals surface area contributed by atoms with Crippen LogP contribution in [0.25, 0.3) is 11.0 Å². The van der Waals surface area contributed by atoms with Gasteiger partial charge in [0.1, 0.15) is 17.2 Å². The van der Waals surface area contributed by atoms with Crippen LogP contribution in [0.5, 0.6) is 0 Å². The number of aryl methyl sites for hydroxylation is 1. The Hall–Kier alpha value is -3.67. The van der Waals surface area contributed by atoms with Gasteiger partial charge in [0.2, 0.25) is 0 Å². The molecule has 4 heterocycles. The van der Waals surface area contributed by atoms with Crippen LogP contribution in [0.3, 0.4) is 0 Å². The lowest BCUT2D eigenvalue weighted by Crippen LogP contribution is -2.37. The maximum absolute atomic E-state index is 13.1. The number of nitrogens with one attached hydrogen (secondary N) is 1. The van der Waals surface area contributed by atoms with Gasteiger partial charge in [-0.05, 0) is 49.2 Å². The summed E-state index contributed by atoms with van der Waals surface area (Å²) in [7, 11) is 0. The summed E-state index contributed by atoms with van der Waals surface area (Å²) in [6.45, 7) is 4.74. The number of carbonyl (C=O) groups excluding carboxylic acids is 1. The van der Waals surface area contributed by atoms with Crippen LogP contribution < -0.4 is 10.2 Å². The Bertz CT molecular complexity index is 1190. The predicted molar refractivity (Wildman–Crippen MR) is 119 cm³/mol. The number of carbonyl (C=O) groups is 1. The molecule has 1 N–H and O–H groups in total. The number of fused-ring (bicyclic) bond motifs is 1. The normalized spacial score (nSPS) is 13.3. The van der Waals surface area contributed by atoms with Crippen LogP contribution in [0, 0.1) is 6.92 Å². The van der Waals surface area contributed by atoms with Crippen LogP contribution in [0.2, 0.25) is 0 Å². The molecule has 0 atom stereocenters. The van der Waals surface area contributed by atoms with Crippen molar-refractivity contribution < 1.29 is 4.79 Å². The van der Waals surface area contributed by atoms with Gasteiger partial charge in [-0.25, -0.2) is 9.97 Å². The third kappa shape index (κ3) is 3.52. The first-order valence-corrected chi connectivity index (χ1v) is 10.2. The molecule has 1 saturated heterocycles. The molecule has 1 aliphatic rings. The predicted octanol–water partition coefficient (Wildman–Crippen LogP) is 4.25. The maximum Gasteiger partial charge on any atom is 0.272 e. The minimum Gasteiger partial charge on any atom is -0.356 e. The van der Waals surface area contributed by atoms with Crippen LogP contribution in [0.1, 0.15) is 28.0 Å². The average Bonchev–Trinajstić information content (AvgIpc) is 3.08. The lowest BCUT2D eigenvalue weighted by molar-refractivity contribution is 0.101. The highest BCUT2D eigenvalue weighted by Gasteiger charge is 2.18. The van der Waals surface area contributed by atoms with E-state index >= 15 is 0 Å². The third-order valence-corrected chi connectivity index (χ3v) is 5.54. The highest BCUT2D eigenvalue weighted by atomic mass is 16.2. The zero-order valence-corrected chi connectivity index (χ0v) is 16.9. The first-order chi connectivity index (χ1) is 14.7. The van der Waals surface area contributed by atoms with Crippen LogP contribution in [0.15, 0.2) is 67.0 Å². The van der Waals surface area contributed by atoms with Crippen molar-refractivity contribution in [2.75, 3.05) is 23.3 Å². The Morgan fingerprint density at radius 1 is 1.07 bits per heavy atom. The highest BCUT2D eigenvalue weighted by molar-refractivity contribution is 6.06. The van der Waals surface area contributed by atoms with Gasteiger partial charge >= 0.3 is 0 Å². The number of benzene rings is 1. The summed E-state index contributed by atoms with van der Waals surface area (Å²) in [6, 6.07) is 18.0. The van der Waals surface area contributed by atoms with Crippen molar-refractivity contribution in [3.05, 3.63) is 83.8 Å². The van der Waals surface area contributed by atoms with Crippen LogP contribution >= 0.6 is 0 Å². The van der Waals surface area contributed by atoms with E-state index in [0.717, 1.165) is 35.5 Å². The molecule has 6 heteroatoms. The van der Waals surface area contributed by atoms with Crippen molar-refractivity contribution in [1.29, 1.82) is 0 Å². The average molecular weight is 397 g/mol. The molecule has 5 rings (SSSR count). The van der Waals surface area contributed by atoms with Crippen LogP contribution in [-0.2, 0) is 6.54 Å². The fourth-order valence-corrected chi connectivity index (χ4v) is 3.70. The second kappa shape index (κ2) is 7.63. The van der Waals surface area contributed by atoms with Crippen LogP contribution in [-0.4, -0.2) is 33.5 Å². The van der Waals surface area contributed by atoms with Crippen molar-refractivity contribution in [3.63, 3.8) is 0 Å². The summed E-state index contributed by atoms with van der Waals surface area (Å²) in [5.41, 5.74) is 4.40. The number of rotatable bonds is 5. The zero-order chi connectivity index (χ0) is 20.5. The lowest BCUT2D eigenvalue weighted by Gasteiger charge is -2.31. The molecule has 0 bridgehead atoms. The minimum atomic E-state index is -0.168. The Labute approximate surface area is 175 Å². The van der Waals surface area contributed by atoms with Gasteiger partial charge in [0.15, 0.2) is 0 Å². The molecular weight excluding hydrogens is 374 g/mol. The molecular formula is C24H23N5O. The second-order valence-corrected chi connectivity index (χ2v) is 7.72. The van der Waals surface area contributed by atoms with Gasteiger partial charge in [-0.3, -0.25) is 4.79 Å². The Balaban J connectivity index is 1.43. The van der Waals surface area contributed by atoms with E-state index in [-0.39, 0.29) is 5.91 Å². The number of pyridine rings is 2. The molecule has 6 nitrogen and oxygen atoms in total. The number of anilines is 2. The molecule has 0 radical (unpaired) electrons. The largest absolute Gasteiger partial charge is 0.356 e. The molecule has 4 aromatic rings. The van der Waals surface area contributed by atoms with Crippen LogP contribution in [0.4, 0.5) is 11.5 Å². The smallest absolute Gasteiger partial charge is 0.272 e. The molecule has 0 aliphatic carbocycles. The molecule has 0 saturated carbocycles. The molecule has 1 aliphatic heterocycles. The molecule has 0 spiro atoms. The summed E-state index contributed by atoms with van der Waals surface area (Å²) in [5, 5.41) is 3.93.